The van der Waals surface area contributed by atoms with Crippen LogP contribution in [0, 0.1) is 13.5 Å². The van der Waals surface area contributed by atoms with Crippen LogP contribution in [-0.4, -0.2) is 6.03 Å². The van der Waals surface area contributed by atoms with Crippen LogP contribution in [0.3, 0.4) is 0 Å². The Kier molecular flexibility index (Phi) is 6.37. The Bertz CT molecular complexity index is 1170. The van der Waals surface area contributed by atoms with Crippen molar-refractivity contribution in [1.29, 1.82) is 0 Å². The highest BCUT2D eigenvalue weighted by molar-refractivity contribution is 6.32. The summed E-state index contributed by atoms with van der Waals surface area (Å²) in [6.45, 7) is 8.86. The molecule has 158 valence electrons. The zero-order valence-electron chi connectivity index (χ0n) is 16.0. The van der Waals surface area contributed by atoms with E-state index in [1.807, 2.05) is 0 Å². The number of ether oxygens (including phenoxy) is 1. The molecule has 0 aromatic heterocycles. The molecule has 2 N–H and O–H groups in total. The fourth-order valence-electron chi connectivity index (χ4n) is 2.67. The molecule has 31 heavy (non-hydrogen) atoms. The predicted molar refractivity (Wildman–Crippen MR) is 113 cm³/mol. The van der Waals surface area contributed by atoms with E-state index in [0.29, 0.717) is 17.1 Å². The number of amides is 2. The maximum atomic E-state index is 12.8. The number of urea groups is 1. The number of rotatable bonds is 4. The number of aryl methyl sites for hydroxylation is 1. The van der Waals surface area contributed by atoms with E-state index < -0.39 is 17.8 Å². The van der Waals surface area contributed by atoms with Crippen LogP contribution in [0.25, 0.3) is 4.85 Å². The van der Waals surface area contributed by atoms with Gasteiger partial charge in [-0.25, -0.2) is 9.64 Å². The fraction of sp³-hybridized carbons (Fsp3) is 0.0909. The first-order valence-electron chi connectivity index (χ1n) is 8.86. The summed E-state index contributed by atoms with van der Waals surface area (Å²) in [6, 6.07) is 13.0. The van der Waals surface area contributed by atoms with E-state index in [-0.39, 0.29) is 16.5 Å². The van der Waals surface area contributed by atoms with Crippen molar-refractivity contribution in [2.24, 2.45) is 0 Å². The lowest BCUT2D eigenvalue weighted by molar-refractivity contribution is -0.137. The summed E-state index contributed by atoms with van der Waals surface area (Å²) in [4.78, 5) is 15.6. The van der Waals surface area contributed by atoms with Crippen LogP contribution in [0.4, 0.5) is 35.0 Å². The number of carbonyl (C=O) groups is 1. The van der Waals surface area contributed by atoms with Crippen molar-refractivity contribution in [2.45, 2.75) is 13.1 Å². The van der Waals surface area contributed by atoms with E-state index in [1.165, 1.54) is 30.3 Å². The van der Waals surface area contributed by atoms with Crippen LogP contribution in [0.15, 0.2) is 60.7 Å². The SMILES string of the molecule is [C-]#[N+]c1ccc(Oc2cc(NC(=O)Nc3cccc(C(F)(F)F)c3)ccc2Cl)cc1C. The van der Waals surface area contributed by atoms with Gasteiger partial charge in [0.1, 0.15) is 11.5 Å². The Morgan fingerprint density at radius 1 is 1.03 bits per heavy atom. The van der Waals surface area contributed by atoms with Gasteiger partial charge in [0, 0.05) is 17.4 Å². The lowest BCUT2D eigenvalue weighted by Gasteiger charge is -2.13. The molecule has 0 aliphatic rings. The Balaban J connectivity index is 1.72. The van der Waals surface area contributed by atoms with Gasteiger partial charge in [-0.1, -0.05) is 23.7 Å². The highest BCUT2D eigenvalue weighted by Crippen LogP contribution is 2.34. The maximum absolute atomic E-state index is 12.8. The van der Waals surface area contributed by atoms with E-state index in [1.54, 1.807) is 25.1 Å². The quantitative estimate of drug-likeness (QED) is 0.405. The summed E-state index contributed by atoms with van der Waals surface area (Å²) in [7, 11) is 0. The normalized spacial score (nSPS) is 10.8. The van der Waals surface area contributed by atoms with Gasteiger partial charge in [-0.15, -0.1) is 0 Å². The number of alkyl halides is 3. The van der Waals surface area contributed by atoms with Crippen LogP contribution in [0.2, 0.25) is 5.02 Å². The van der Waals surface area contributed by atoms with E-state index in [2.05, 4.69) is 15.5 Å². The number of anilines is 2. The van der Waals surface area contributed by atoms with Crippen LogP contribution in [-0.2, 0) is 6.18 Å². The van der Waals surface area contributed by atoms with Gasteiger partial charge in [0.2, 0.25) is 0 Å². The highest BCUT2D eigenvalue weighted by atomic mass is 35.5. The zero-order chi connectivity index (χ0) is 22.6. The fourth-order valence-corrected chi connectivity index (χ4v) is 2.83. The van der Waals surface area contributed by atoms with Crippen molar-refractivity contribution in [3.8, 4) is 11.5 Å². The summed E-state index contributed by atoms with van der Waals surface area (Å²) < 4.78 is 44.2. The van der Waals surface area contributed by atoms with Crippen LogP contribution in [0.5, 0.6) is 11.5 Å². The first-order valence-corrected chi connectivity index (χ1v) is 9.24. The van der Waals surface area contributed by atoms with Gasteiger partial charge in [0.05, 0.1) is 17.2 Å². The molecule has 0 saturated heterocycles. The van der Waals surface area contributed by atoms with Crippen LogP contribution >= 0.6 is 11.6 Å². The van der Waals surface area contributed by atoms with E-state index in [0.717, 1.165) is 17.7 Å². The van der Waals surface area contributed by atoms with E-state index in [4.69, 9.17) is 22.9 Å². The van der Waals surface area contributed by atoms with Gasteiger partial charge in [-0.05, 0) is 55.0 Å². The average Bonchev–Trinajstić information content (AvgIpc) is 2.70. The smallest absolute Gasteiger partial charge is 0.416 e. The minimum atomic E-state index is -4.51. The minimum absolute atomic E-state index is 0.00636. The standard InChI is InChI=1S/C22H15ClF3N3O2/c1-13-10-17(7-9-19(13)27-2)31-20-12-16(6-8-18(20)23)29-21(30)28-15-5-3-4-14(11-15)22(24,25)26/h3-12H,1H3,(H2,28,29,30). The Morgan fingerprint density at radius 3 is 2.39 bits per heavy atom. The molecule has 0 heterocycles. The number of halogens is 4. The second-order valence-electron chi connectivity index (χ2n) is 6.47. The minimum Gasteiger partial charge on any atom is -0.456 e. The van der Waals surface area contributed by atoms with Crippen molar-refractivity contribution in [3.63, 3.8) is 0 Å². The number of carbonyl (C=O) groups excluding carboxylic acids is 1. The number of benzene rings is 3. The molecule has 0 aliphatic heterocycles. The first kappa shape index (κ1) is 22.0. The first-order chi connectivity index (χ1) is 14.7. The Hall–Kier alpha value is -3.70. The molecule has 0 aliphatic carbocycles. The van der Waals surface area contributed by atoms with Gasteiger partial charge >= 0.3 is 12.2 Å². The highest BCUT2D eigenvalue weighted by Gasteiger charge is 2.30. The molecule has 0 radical (unpaired) electrons. The van der Waals surface area contributed by atoms with Gasteiger partial charge < -0.3 is 15.4 Å². The van der Waals surface area contributed by atoms with E-state index in [9.17, 15) is 18.0 Å². The Morgan fingerprint density at radius 2 is 1.74 bits per heavy atom. The summed E-state index contributed by atoms with van der Waals surface area (Å²) in [5.74, 6) is 0.714. The lowest BCUT2D eigenvalue weighted by atomic mass is 10.2. The molecule has 0 bridgehead atoms. The van der Waals surface area contributed by atoms with Crippen molar-refractivity contribution in [2.75, 3.05) is 10.6 Å². The number of hydrogen-bond donors (Lipinski definition) is 2. The number of nitrogens with one attached hydrogen (secondary N) is 2. The third-order valence-corrected chi connectivity index (χ3v) is 4.47. The van der Waals surface area contributed by atoms with Gasteiger partial charge in [-0.3, -0.25) is 0 Å². The third kappa shape index (κ3) is 5.68. The van der Waals surface area contributed by atoms with Crippen molar-refractivity contribution < 1.29 is 22.7 Å². The van der Waals surface area contributed by atoms with Crippen LogP contribution in [0.1, 0.15) is 11.1 Å². The Labute approximate surface area is 181 Å². The summed E-state index contributed by atoms with van der Waals surface area (Å²) >= 11 is 6.16. The molecule has 3 aromatic carbocycles. The number of nitrogens with zero attached hydrogens (tertiary/aromatic N) is 1. The molecule has 3 aromatic rings. The molecule has 0 saturated carbocycles. The second kappa shape index (κ2) is 8.98. The number of hydrogen-bond acceptors (Lipinski definition) is 2. The molecule has 0 spiro atoms. The second-order valence-corrected chi connectivity index (χ2v) is 6.87. The third-order valence-electron chi connectivity index (χ3n) is 4.15. The van der Waals surface area contributed by atoms with Gasteiger partial charge in [0.25, 0.3) is 0 Å². The molecule has 9 heteroatoms. The molecular formula is C22H15ClF3N3O2. The lowest BCUT2D eigenvalue weighted by Crippen LogP contribution is -2.19. The van der Waals surface area contributed by atoms with Gasteiger partial charge in [-0.2, -0.15) is 13.2 Å². The molecular weight excluding hydrogens is 431 g/mol. The zero-order valence-corrected chi connectivity index (χ0v) is 16.8. The van der Waals surface area contributed by atoms with Crippen molar-refractivity contribution in [3.05, 3.63) is 88.2 Å². The monoisotopic (exact) mass is 445 g/mol. The maximum Gasteiger partial charge on any atom is 0.416 e. The topological polar surface area (TPSA) is 54.7 Å². The van der Waals surface area contributed by atoms with Crippen molar-refractivity contribution in [1.82, 2.24) is 0 Å². The summed E-state index contributed by atoms with van der Waals surface area (Å²) in [5.41, 5.74) is 0.678. The molecule has 2 amide bonds. The molecule has 0 fully saturated rings. The van der Waals surface area contributed by atoms with Gasteiger partial charge in [0.15, 0.2) is 5.69 Å². The van der Waals surface area contributed by atoms with E-state index >= 15 is 0 Å². The molecule has 3 rings (SSSR count). The average molecular weight is 446 g/mol. The summed E-state index contributed by atoms with van der Waals surface area (Å²) in [6.07, 6.45) is -4.51. The molecule has 0 atom stereocenters. The largest absolute Gasteiger partial charge is 0.456 e. The van der Waals surface area contributed by atoms with Crippen LogP contribution < -0.4 is 15.4 Å². The summed E-state index contributed by atoms with van der Waals surface area (Å²) in [5, 5.41) is 5.16. The molecule has 0 unspecified atom stereocenters. The predicted octanol–water partition coefficient (Wildman–Crippen LogP) is 7.65. The van der Waals surface area contributed by atoms with Crippen molar-refractivity contribution >= 4 is 34.7 Å². The molecule has 5 nitrogen and oxygen atoms in total.